The van der Waals surface area contributed by atoms with Gasteiger partial charge in [-0.05, 0) is 25.0 Å². The molecule has 2 rings (SSSR count). The Kier molecular flexibility index (Phi) is 6.75. The van der Waals surface area contributed by atoms with Crippen molar-refractivity contribution in [3.63, 3.8) is 0 Å². The average Bonchev–Trinajstić information content (AvgIpc) is 2.86. The van der Waals surface area contributed by atoms with Crippen LogP contribution < -0.4 is 10.2 Å². The molecule has 136 valence electrons. The van der Waals surface area contributed by atoms with Gasteiger partial charge < -0.3 is 4.74 Å². The number of aryl methyl sites for hydroxylation is 1. The molecule has 7 nitrogen and oxygen atoms in total. The van der Waals surface area contributed by atoms with Crippen molar-refractivity contribution in [3.8, 4) is 11.8 Å². The zero-order valence-corrected chi connectivity index (χ0v) is 15.6. The highest BCUT2D eigenvalue weighted by Crippen LogP contribution is 2.19. The van der Waals surface area contributed by atoms with E-state index in [9.17, 15) is 4.79 Å². The molecule has 0 atom stereocenters. The van der Waals surface area contributed by atoms with Crippen LogP contribution in [0, 0.1) is 24.2 Å². The maximum Gasteiger partial charge on any atom is 0.277 e. The molecule has 1 amide bonds. The molecular formula is C18H20ClN5O2. The maximum atomic E-state index is 11.8. The van der Waals surface area contributed by atoms with Gasteiger partial charge in [0.05, 0.1) is 23.0 Å². The van der Waals surface area contributed by atoms with E-state index in [-0.39, 0.29) is 6.61 Å². The van der Waals surface area contributed by atoms with Crippen molar-refractivity contribution < 1.29 is 9.53 Å². The highest BCUT2D eigenvalue weighted by molar-refractivity contribution is 6.32. The van der Waals surface area contributed by atoms with Gasteiger partial charge in [0.25, 0.3) is 5.91 Å². The highest BCUT2D eigenvalue weighted by atomic mass is 35.5. The molecule has 26 heavy (non-hydrogen) atoms. The number of nitrogens with one attached hydrogen (secondary N) is 1. The topological polar surface area (TPSA) is 92.3 Å². The minimum absolute atomic E-state index is 0.255. The van der Waals surface area contributed by atoms with E-state index in [0.717, 1.165) is 5.69 Å². The van der Waals surface area contributed by atoms with Crippen LogP contribution in [0.2, 0.25) is 5.15 Å². The van der Waals surface area contributed by atoms with E-state index in [1.807, 2.05) is 13.0 Å². The molecule has 0 saturated carbocycles. The van der Waals surface area contributed by atoms with Gasteiger partial charge in [0, 0.05) is 6.54 Å². The van der Waals surface area contributed by atoms with Gasteiger partial charge in [-0.1, -0.05) is 37.6 Å². The molecule has 1 aromatic carbocycles. The minimum Gasteiger partial charge on any atom is -0.482 e. The first-order valence-corrected chi connectivity index (χ1v) is 8.47. The summed E-state index contributed by atoms with van der Waals surface area (Å²) >= 11 is 6.30. The van der Waals surface area contributed by atoms with Crippen LogP contribution in [0.4, 0.5) is 0 Å². The van der Waals surface area contributed by atoms with Crippen LogP contribution in [0.25, 0.3) is 0 Å². The van der Waals surface area contributed by atoms with Crippen LogP contribution in [-0.4, -0.2) is 28.5 Å². The Morgan fingerprint density at radius 2 is 2.23 bits per heavy atom. The number of hydrazone groups is 1. The Balaban J connectivity index is 1.93. The lowest BCUT2D eigenvalue weighted by Crippen LogP contribution is -2.24. The monoisotopic (exact) mass is 373 g/mol. The van der Waals surface area contributed by atoms with Crippen LogP contribution in [-0.2, 0) is 11.3 Å². The molecule has 0 aliphatic rings. The van der Waals surface area contributed by atoms with E-state index in [1.165, 1.54) is 6.21 Å². The Hall–Kier alpha value is -2.85. The predicted octanol–water partition coefficient (Wildman–Crippen LogP) is 2.90. The number of hydrogen-bond donors (Lipinski definition) is 1. The highest BCUT2D eigenvalue weighted by Gasteiger charge is 2.12. The fraction of sp³-hybridized carbons (Fsp3) is 0.333. The number of nitrogens with zero attached hydrogens (tertiary/aromatic N) is 4. The number of para-hydroxylation sites is 1. The molecule has 8 heteroatoms. The second-order valence-corrected chi connectivity index (χ2v) is 6.41. The third-order valence-corrected chi connectivity index (χ3v) is 3.80. The Bertz CT molecular complexity index is 852. The predicted molar refractivity (Wildman–Crippen MR) is 99.2 cm³/mol. The van der Waals surface area contributed by atoms with Gasteiger partial charge in [0.1, 0.15) is 17.0 Å². The second kappa shape index (κ2) is 9.02. The molecule has 1 N–H and O–H groups in total. The number of nitriles is 1. The lowest BCUT2D eigenvalue weighted by atomic mass is 10.2. The van der Waals surface area contributed by atoms with Crippen molar-refractivity contribution in [3.05, 3.63) is 46.2 Å². The van der Waals surface area contributed by atoms with Crippen LogP contribution >= 0.6 is 11.6 Å². The molecule has 1 aromatic heterocycles. The SMILES string of the molecule is Cc1nn(CC(C)C)c(Cl)c1/C=N\NC(=O)COc1ccccc1C#N. The van der Waals surface area contributed by atoms with E-state index in [2.05, 4.69) is 29.5 Å². The summed E-state index contributed by atoms with van der Waals surface area (Å²) in [6.45, 7) is 6.42. The fourth-order valence-electron chi connectivity index (χ4n) is 2.21. The lowest BCUT2D eigenvalue weighted by Gasteiger charge is -2.06. The number of carbonyl (C=O) groups is 1. The normalized spacial score (nSPS) is 10.9. The number of halogens is 1. The molecule has 0 fully saturated rings. The third-order valence-electron chi connectivity index (χ3n) is 3.40. The van der Waals surface area contributed by atoms with Gasteiger partial charge >= 0.3 is 0 Å². The van der Waals surface area contributed by atoms with Gasteiger partial charge in [-0.15, -0.1) is 0 Å². The molecule has 0 saturated heterocycles. The molecule has 0 aliphatic heterocycles. The number of amides is 1. The molecule has 0 radical (unpaired) electrons. The smallest absolute Gasteiger partial charge is 0.277 e. The van der Waals surface area contributed by atoms with Crippen LogP contribution in [0.1, 0.15) is 30.7 Å². The quantitative estimate of drug-likeness (QED) is 0.596. The van der Waals surface area contributed by atoms with E-state index < -0.39 is 5.91 Å². The minimum atomic E-state index is -0.447. The van der Waals surface area contributed by atoms with Crippen LogP contribution in [0.3, 0.4) is 0 Å². The van der Waals surface area contributed by atoms with Crippen molar-refractivity contribution in [2.24, 2.45) is 11.0 Å². The first-order valence-electron chi connectivity index (χ1n) is 8.09. The second-order valence-electron chi connectivity index (χ2n) is 6.06. The number of aromatic nitrogens is 2. The molecule has 0 unspecified atom stereocenters. The van der Waals surface area contributed by atoms with Gasteiger partial charge in [0.15, 0.2) is 6.61 Å². The van der Waals surface area contributed by atoms with Gasteiger partial charge in [-0.3, -0.25) is 9.48 Å². The summed E-state index contributed by atoms with van der Waals surface area (Å²) in [4.78, 5) is 11.8. The number of ether oxygens (including phenoxy) is 1. The van der Waals surface area contributed by atoms with E-state index in [4.69, 9.17) is 21.6 Å². The van der Waals surface area contributed by atoms with Crippen molar-refractivity contribution >= 4 is 23.7 Å². The van der Waals surface area contributed by atoms with Gasteiger partial charge in [-0.2, -0.15) is 15.5 Å². The number of carbonyl (C=O) groups excluding carboxylic acids is 1. The maximum absolute atomic E-state index is 11.8. The van der Waals surface area contributed by atoms with Crippen molar-refractivity contribution in [1.82, 2.24) is 15.2 Å². The summed E-state index contributed by atoms with van der Waals surface area (Å²) in [5.41, 5.74) is 4.12. The van der Waals surface area contributed by atoms with Gasteiger partial charge in [0.2, 0.25) is 0 Å². The zero-order chi connectivity index (χ0) is 19.1. The molecule has 0 aliphatic carbocycles. The van der Waals surface area contributed by atoms with Crippen LogP contribution in [0.5, 0.6) is 5.75 Å². The molecule has 0 bridgehead atoms. The standard InChI is InChI=1S/C18H20ClN5O2/c1-12(2)10-24-18(19)15(13(3)23-24)9-21-22-17(25)11-26-16-7-5-4-6-14(16)8-20/h4-7,9,12H,10-11H2,1-3H3,(H,22,25)/b21-9-. The molecule has 1 heterocycles. The molecule has 2 aromatic rings. The molecular weight excluding hydrogens is 354 g/mol. The lowest BCUT2D eigenvalue weighted by molar-refractivity contribution is -0.123. The van der Waals surface area contributed by atoms with Crippen molar-refractivity contribution in [2.45, 2.75) is 27.3 Å². The summed E-state index contributed by atoms with van der Waals surface area (Å²) in [6, 6.07) is 8.70. The summed E-state index contributed by atoms with van der Waals surface area (Å²) in [5, 5.41) is 17.7. The summed E-state index contributed by atoms with van der Waals surface area (Å²) < 4.78 is 7.05. The van der Waals surface area contributed by atoms with Crippen molar-refractivity contribution in [1.29, 1.82) is 5.26 Å². The van der Waals surface area contributed by atoms with E-state index >= 15 is 0 Å². The van der Waals surface area contributed by atoms with E-state index in [1.54, 1.807) is 28.9 Å². The number of hydrogen-bond acceptors (Lipinski definition) is 5. The Morgan fingerprint density at radius 3 is 2.92 bits per heavy atom. The zero-order valence-electron chi connectivity index (χ0n) is 14.9. The Labute approximate surface area is 157 Å². The number of benzene rings is 1. The third kappa shape index (κ3) is 5.07. The van der Waals surface area contributed by atoms with Crippen LogP contribution in [0.15, 0.2) is 29.4 Å². The molecule has 0 spiro atoms. The average molecular weight is 374 g/mol. The van der Waals surface area contributed by atoms with Gasteiger partial charge in [-0.25, -0.2) is 5.43 Å². The first-order chi connectivity index (χ1) is 12.4. The summed E-state index contributed by atoms with van der Waals surface area (Å²) in [5.74, 6) is 0.310. The first kappa shape index (κ1) is 19.5. The fourth-order valence-corrected chi connectivity index (χ4v) is 2.50. The Morgan fingerprint density at radius 1 is 1.50 bits per heavy atom. The number of rotatable bonds is 7. The summed E-state index contributed by atoms with van der Waals surface area (Å²) in [6.07, 6.45) is 1.46. The summed E-state index contributed by atoms with van der Waals surface area (Å²) in [7, 11) is 0. The van der Waals surface area contributed by atoms with Crippen molar-refractivity contribution in [2.75, 3.05) is 6.61 Å². The van der Waals surface area contributed by atoms with E-state index in [0.29, 0.717) is 34.5 Å². The largest absolute Gasteiger partial charge is 0.482 e.